The van der Waals surface area contributed by atoms with Crippen LogP contribution in [0.15, 0.2) is 164 Å². The van der Waals surface area contributed by atoms with Gasteiger partial charge >= 0.3 is 0 Å². The lowest BCUT2D eigenvalue weighted by atomic mass is 9.43. The molecule has 0 aliphatic heterocycles. The van der Waals surface area contributed by atoms with E-state index in [4.69, 9.17) is 0 Å². The molecule has 4 fully saturated rings. The molecule has 4 bridgehead atoms. The second-order valence-electron chi connectivity index (χ2n) is 17.2. The molecule has 9 aromatic rings. The van der Waals surface area contributed by atoms with Crippen LogP contribution < -0.4 is 0 Å². The Morgan fingerprint density at radius 3 is 1.47 bits per heavy atom. The number of hydrogen-bond donors (Lipinski definition) is 0. The van der Waals surface area contributed by atoms with E-state index in [0.29, 0.717) is 0 Å². The van der Waals surface area contributed by atoms with Gasteiger partial charge in [0.1, 0.15) is 0 Å². The van der Waals surface area contributed by atoms with Crippen molar-refractivity contribution in [2.75, 3.05) is 0 Å². The molecule has 8 aromatic carbocycles. The van der Waals surface area contributed by atoms with E-state index in [9.17, 15) is 0 Å². The molecule has 5 aliphatic rings. The molecule has 0 radical (unpaired) electrons. The van der Waals surface area contributed by atoms with E-state index >= 15 is 0 Å². The van der Waals surface area contributed by atoms with E-state index in [-0.39, 0.29) is 5.41 Å². The average molecular weight is 704 g/mol. The van der Waals surface area contributed by atoms with Crippen LogP contribution in [0.25, 0.3) is 82.4 Å². The molecule has 1 spiro atoms. The summed E-state index contributed by atoms with van der Waals surface area (Å²) in [7, 11) is 0. The minimum absolute atomic E-state index is 0.188. The van der Waals surface area contributed by atoms with Gasteiger partial charge in [-0.25, -0.2) is 0 Å². The molecule has 262 valence electrons. The number of benzene rings is 8. The first-order valence-electron chi connectivity index (χ1n) is 20.5. The zero-order chi connectivity index (χ0) is 35.8. The first kappa shape index (κ1) is 30.4. The van der Waals surface area contributed by atoms with Gasteiger partial charge < -0.3 is 4.57 Å². The molecule has 0 saturated heterocycles. The quantitative estimate of drug-likeness (QED) is 0.161. The van der Waals surface area contributed by atoms with Gasteiger partial charge in [0.15, 0.2) is 0 Å². The standard InChI is InChI=1S/C54H41N/c1-3-19-45-43(17-1)52(35-12-11-13-39(31-35)55-50-22-9-6-15-41(50)42-16-7-10-23-51(42)55)44-18-2-4-20-46(44)53(45)36-24-25-49-47(32-36)40-14-5-8-21-48(40)54(49)37-27-33-26-34(29-37)30-38(54)28-33/h1-25,31-34,37-38H,26-30H2. The molecule has 0 amide bonds. The molecule has 4 saturated carbocycles. The molecule has 0 atom stereocenters. The van der Waals surface area contributed by atoms with Crippen LogP contribution in [0.1, 0.15) is 43.2 Å². The average Bonchev–Trinajstić information content (AvgIpc) is 3.72. The van der Waals surface area contributed by atoms with Gasteiger partial charge in [0, 0.05) is 21.9 Å². The second kappa shape index (κ2) is 11.1. The first-order chi connectivity index (χ1) is 27.3. The Bertz CT molecular complexity index is 2930. The van der Waals surface area contributed by atoms with Crippen LogP contribution in [0.4, 0.5) is 0 Å². The predicted molar refractivity (Wildman–Crippen MR) is 230 cm³/mol. The van der Waals surface area contributed by atoms with Crippen LogP contribution in [0.5, 0.6) is 0 Å². The number of hydrogen-bond acceptors (Lipinski definition) is 0. The molecule has 14 rings (SSSR count). The van der Waals surface area contributed by atoms with E-state index in [0.717, 1.165) is 23.7 Å². The lowest BCUT2D eigenvalue weighted by Gasteiger charge is -2.61. The highest BCUT2D eigenvalue weighted by Gasteiger charge is 2.61. The number of aromatic nitrogens is 1. The Morgan fingerprint density at radius 1 is 0.382 bits per heavy atom. The van der Waals surface area contributed by atoms with Gasteiger partial charge in [-0.3, -0.25) is 0 Å². The highest BCUT2D eigenvalue weighted by Crippen LogP contribution is 2.69. The zero-order valence-electron chi connectivity index (χ0n) is 30.9. The van der Waals surface area contributed by atoms with Crippen LogP contribution >= 0.6 is 0 Å². The Morgan fingerprint density at radius 2 is 0.873 bits per heavy atom. The molecule has 5 aliphatic carbocycles. The summed E-state index contributed by atoms with van der Waals surface area (Å²) in [4.78, 5) is 0. The largest absolute Gasteiger partial charge is 0.309 e. The topological polar surface area (TPSA) is 4.93 Å². The molecular formula is C54H41N. The van der Waals surface area contributed by atoms with Crippen LogP contribution in [0.2, 0.25) is 0 Å². The number of para-hydroxylation sites is 2. The molecule has 0 unspecified atom stereocenters. The molecule has 55 heavy (non-hydrogen) atoms. The normalized spacial score (nSPS) is 23.3. The summed E-state index contributed by atoms with van der Waals surface area (Å²) in [6.07, 6.45) is 7.14. The summed E-state index contributed by atoms with van der Waals surface area (Å²) >= 11 is 0. The second-order valence-corrected chi connectivity index (χ2v) is 17.2. The summed E-state index contributed by atoms with van der Waals surface area (Å²) in [6, 6.07) is 62.3. The first-order valence-corrected chi connectivity index (χ1v) is 20.5. The van der Waals surface area contributed by atoms with E-state index < -0.39 is 0 Å². The lowest BCUT2D eigenvalue weighted by molar-refractivity contribution is -0.0399. The van der Waals surface area contributed by atoms with Gasteiger partial charge in [0.05, 0.1) is 11.0 Å². The van der Waals surface area contributed by atoms with Crippen molar-refractivity contribution in [3.8, 4) is 39.1 Å². The Kier molecular flexibility index (Phi) is 6.13. The van der Waals surface area contributed by atoms with Crippen LogP contribution in [-0.2, 0) is 5.41 Å². The van der Waals surface area contributed by atoms with Crippen molar-refractivity contribution < 1.29 is 0 Å². The number of fused-ring (bicyclic) bond motifs is 8. The van der Waals surface area contributed by atoms with E-state index in [1.807, 2.05) is 0 Å². The van der Waals surface area contributed by atoms with Crippen LogP contribution in [-0.4, -0.2) is 4.57 Å². The lowest BCUT2D eigenvalue weighted by Crippen LogP contribution is -2.55. The summed E-state index contributed by atoms with van der Waals surface area (Å²) in [5.41, 5.74) is 15.3. The maximum absolute atomic E-state index is 2.59. The maximum Gasteiger partial charge on any atom is 0.0541 e. The Labute approximate surface area is 321 Å². The van der Waals surface area contributed by atoms with Crippen molar-refractivity contribution >= 4 is 43.4 Å². The Hall–Kier alpha value is -5.92. The van der Waals surface area contributed by atoms with Gasteiger partial charge in [-0.05, 0) is 152 Å². The molecule has 1 nitrogen and oxygen atoms in total. The fraction of sp³-hybridized carbons (Fsp3) is 0.185. The van der Waals surface area contributed by atoms with Crippen LogP contribution in [0, 0.1) is 23.7 Å². The van der Waals surface area contributed by atoms with Gasteiger partial charge in [0.2, 0.25) is 0 Å². The predicted octanol–water partition coefficient (Wildman–Crippen LogP) is 14.1. The highest BCUT2D eigenvalue weighted by molar-refractivity contribution is 6.21. The monoisotopic (exact) mass is 703 g/mol. The smallest absolute Gasteiger partial charge is 0.0541 e. The molecule has 1 heteroatoms. The van der Waals surface area contributed by atoms with E-state index in [2.05, 4.69) is 168 Å². The summed E-state index contributed by atoms with van der Waals surface area (Å²) in [5.74, 6) is 3.44. The highest BCUT2D eigenvalue weighted by atomic mass is 15.0. The summed E-state index contributed by atoms with van der Waals surface area (Å²) in [6.45, 7) is 0. The van der Waals surface area contributed by atoms with Crippen molar-refractivity contribution in [1.29, 1.82) is 0 Å². The molecule has 0 N–H and O–H groups in total. The fourth-order valence-corrected chi connectivity index (χ4v) is 13.1. The molecule has 1 heterocycles. The summed E-state index contributed by atoms with van der Waals surface area (Å²) in [5, 5.41) is 7.80. The minimum Gasteiger partial charge on any atom is -0.309 e. The Balaban J connectivity index is 1.03. The maximum atomic E-state index is 2.59. The number of nitrogens with zero attached hydrogens (tertiary/aromatic N) is 1. The third kappa shape index (κ3) is 3.98. The fourth-order valence-electron chi connectivity index (χ4n) is 13.1. The third-order valence-electron chi connectivity index (χ3n) is 14.7. The van der Waals surface area contributed by atoms with Crippen molar-refractivity contribution in [2.24, 2.45) is 23.7 Å². The third-order valence-corrected chi connectivity index (χ3v) is 14.7. The van der Waals surface area contributed by atoms with Gasteiger partial charge in [-0.15, -0.1) is 0 Å². The van der Waals surface area contributed by atoms with Crippen molar-refractivity contribution in [3.63, 3.8) is 0 Å². The number of rotatable bonds is 3. The van der Waals surface area contributed by atoms with Crippen LogP contribution in [0.3, 0.4) is 0 Å². The molecule has 1 aromatic heterocycles. The zero-order valence-corrected chi connectivity index (χ0v) is 30.9. The van der Waals surface area contributed by atoms with Gasteiger partial charge in [-0.1, -0.05) is 133 Å². The van der Waals surface area contributed by atoms with Gasteiger partial charge in [-0.2, -0.15) is 0 Å². The van der Waals surface area contributed by atoms with E-state index in [1.165, 1.54) is 115 Å². The van der Waals surface area contributed by atoms with Crippen molar-refractivity contribution in [1.82, 2.24) is 4.57 Å². The van der Waals surface area contributed by atoms with Gasteiger partial charge in [0.25, 0.3) is 0 Å². The van der Waals surface area contributed by atoms with Crippen molar-refractivity contribution in [3.05, 3.63) is 175 Å². The summed E-state index contributed by atoms with van der Waals surface area (Å²) < 4.78 is 2.44. The minimum atomic E-state index is 0.188. The van der Waals surface area contributed by atoms with E-state index in [1.54, 1.807) is 11.1 Å². The van der Waals surface area contributed by atoms with Crippen molar-refractivity contribution in [2.45, 2.75) is 37.5 Å². The SMILES string of the molecule is c1cc(-c2c3ccccc3c(-c3ccc4c(c3)-c3ccccc3C43C4CC5CC(C4)CC3C5)c3ccccc23)cc(-n2c3ccccc3c3ccccc32)c1. The molecular weight excluding hydrogens is 663 g/mol.